The van der Waals surface area contributed by atoms with Crippen LogP contribution >= 0.6 is 0 Å². The van der Waals surface area contributed by atoms with Crippen LogP contribution in [-0.4, -0.2) is 111 Å². The van der Waals surface area contributed by atoms with E-state index in [0.717, 1.165) is 0 Å². The largest absolute Gasteiger partial charge is 0.456 e. The van der Waals surface area contributed by atoms with Crippen LogP contribution in [-0.2, 0) is 42.8 Å². The highest BCUT2D eigenvalue weighted by Gasteiger charge is 2.74. The summed E-state index contributed by atoms with van der Waals surface area (Å²) in [6.45, 7) is 14.1. The van der Waals surface area contributed by atoms with Crippen LogP contribution in [0.5, 0.6) is 0 Å². The summed E-state index contributed by atoms with van der Waals surface area (Å²) >= 11 is 0. The first-order valence-corrected chi connectivity index (χ1v) is 20.3. The number of hydrogen-bond donors (Lipinski definition) is 4. The Hall–Kier alpha value is -4.67. The van der Waals surface area contributed by atoms with Gasteiger partial charge in [-0.2, -0.15) is 0 Å². The maximum Gasteiger partial charge on any atom is 0.408 e. The topological polar surface area (TPSA) is 213 Å². The van der Waals surface area contributed by atoms with Crippen molar-refractivity contribution in [3.8, 4) is 0 Å². The number of nitrogens with one attached hydrogen (secondary N) is 1. The monoisotopic (exact) mass is 835 g/mol. The molecule has 3 aliphatic carbocycles. The van der Waals surface area contributed by atoms with Gasteiger partial charge in [0.1, 0.15) is 35.6 Å². The van der Waals surface area contributed by atoms with Crippen molar-refractivity contribution in [3.05, 3.63) is 82.9 Å². The lowest BCUT2D eigenvalue weighted by molar-refractivity contribution is -0.332. The normalized spacial score (nSPS) is 31.8. The van der Waals surface area contributed by atoms with E-state index in [1.165, 1.54) is 19.1 Å². The fourth-order valence-corrected chi connectivity index (χ4v) is 9.59. The van der Waals surface area contributed by atoms with Gasteiger partial charge in [-0.25, -0.2) is 14.4 Å². The average molecular weight is 836 g/mol. The minimum atomic E-state index is -2.30. The molecule has 0 radical (unpaired) electrons. The Bertz CT molecular complexity index is 1990. The zero-order chi connectivity index (χ0) is 44.1. The zero-order valence-electron chi connectivity index (χ0n) is 35.5. The number of aliphatic hydroxyl groups excluding tert-OH is 2. The molecule has 1 amide bonds. The van der Waals surface area contributed by atoms with Crippen molar-refractivity contribution >= 4 is 29.8 Å². The molecule has 0 aromatic heterocycles. The molecule has 2 saturated carbocycles. The number of ether oxygens (including phenoxy) is 6. The number of hydrogen-bond acceptors (Lipinski definition) is 14. The molecule has 4 aliphatic rings. The number of carbonyl (C=O) groups excluding carboxylic acids is 5. The van der Waals surface area contributed by atoms with Crippen molar-refractivity contribution in [1.82, 2.24) is 5.32 Å². The van der Waals surface area contributed by atoms with Gasteiger partial charge in [-0.1, -0.05) is 62.4 Å². The van der Waals surface area contributed by atoms with Crippen molar-refractivity contribution in [2.24, 2.45) is 17.3 Å². The van der Waals surface area contributed by atoms with Gasteiger partial charge in [0.15, 0.2) is 17.5 Å². The summed E-state index contributed by atoms with van der Waals surface area (Å²) < 4.78 is 36.1. The minimum Gasteiger partial charge on any atom is -0.456 e. The first kappa shape index (κ1) is 44.9. The molecule has 2 aromatic rings. The lowest BCUT2D eigenvalue weighted by Crippen LogP contribution is -2.79. The number of carbonyl (C=O) groups is 5. The first-order chi connectivity index (χ1) is 28.0. The Morgan fingerprint density at radius 3 is 2.12 bits per heavy atom. The highest BCUT2D eigenvalue weighted by atomic mass is 16.6. The Kier molecular flexibility index (Phi) is 12.5. The quantitative estimate of drug-likeness (QED) is 0.149. The summed E-state index contributed by atoms with van der Waals surface area (Å²) in [5.74, 6) is -6.43. The summed E-state index contributed by atoms with van der Waals surface area (Å²) in [6, 6.07) is 15.4. The number of ketones is 1. The molecule has 1 unspecified atom stereocenters. The summed E-state index contributed by atoms with van der Waals surface area (Å²) in [6.07, 6.45) is -11.0. The molecule has 2 bridgehead atoms. The summed E-state index contributed by atoms with van der Waals surface area (Å²) in [7, 11) is 0. The molecule has 326 valence electrons. The molecule has 6 rings (SSSR count). The number of aliphatic hydroxyl groups is 3. The van der Waals surface area contributed by atoms with Gasteiger partial charge in [-0.15, -0.1) is 0 Å². The van der Waals surface area contributed by atoms with E-state index in [0.29, 0.717) is 5.56 Å². The van der Waals surface area contributed by atoms with Crippen molar-refractivity contribution in [3.63, 3.8) is 0 Å². The van der Waals surface area contributed by atoms with E-state index in [-0.39, 0.29) is 29.7 Å². The van der Waals surface area contributed by atoms with E-state index < -0.39 is 119 Å². The molecule has 11 atom stereocenters. The van der Waals surface area contributed by atoms with Gasteiger partial charge in [0.25, 0.3) is 0 Å². The smallest absolute Gasteiger partial charge is 0.408 e. The van der Waals surface area contributed by atoms with E-state index in [9.17, 15) is 39.3 Å². The zero-order valence-corrected chi connectivity index (χ0v) is 35.5. The van der Waals surface area contributed by atoms with Gasteiger partial charge in [-0.05, 0) is 70.4 Å². The van der Waals surface area contributed by atoms with E-state index in [1.807, 2.05) is 0 Å². The van der Waals surface area contributed by atoms with Crippen LogP contribution in [0.1, 0.15) is 97.1 Å². The number of amides is 1. The molecule has 60 heavy (non-hydrogen) atoms. The predicted molar refractivity (Wildman–Crippen MR) is 213 cm³/mol. The number of alkyl carbamates (subject to hydrolysis) is 1. The fraction of sp³-hybridized carbons (Fsp3) is 0.578. The van der Waals surface area contributed by atoms with Crippen LogP contribution in [0.2, 0.25) is 0 Å². The van der Waals surface area contributed by atoms with E-state index in [4.69, 9.17) is 28.4 Å². The van der Waals surface area contributed by atoms with Gasteiger partial charge in [-0.3, -0.25) is 9.59 Å². The van der Waals surface area contributed by atoms with E-state index in [1.54, 1.807) is 104 Å². The number of benzene rings is 2. The Balaban J connectivity index is 1.49. The second-order valence-electron chi connectivity index (χ2n) is 18.1. The standard InChI is InChI=1S/C45H57NO14/c1-23(2)56-37(34(26-16-12-10-13-17-26)46-41(53)60-42(5,6)7)40(52)57-29-21-45(54)38(58-39(51)27-18-14-11-15-19-27)33-31(35(49)36(50)32(24(29)3)43(45,8)9)28(48)20-30-44(33,22-55-30)59-25(4)47/h10-19,23,28-31,33-34,36-38,48,50,54H,20-22H2,1-9H3,(H,46,53)/t28-,29-,30?,31+,33+,34-,36+,37+,38-,44-,45+/m0/s1. The molecule has 1 aliphatic heterocycles. The molecule has 3 fully saturated rings. The van der Waals surface area contributed by atoms with Crippen LogP contribution in [0, 0.1) is 17.3 Å². The van der Waals surface area contributed by atoms with Gasteiger partial charge in [0.2, 0.25) is 0 Å². The molecular formula is C45H57NO14. The molecule has 15 heteroatoms. The maximum absolute atomic E-state index is 14.8. The summed E-state index contributed by atoms with van der Waals surface area (Å²) in [5, 5.41) is 40.1. The highest BCUT2D eigenvalue weighted by Crippen LogP contribution is 2.61. The van der Waals surface area contributed by atoms with Crippen molar-refractivity contribution < 1.29 is 67.7 Å². The Labute approximate surface area is 349 Å². The summed E-state index contributed by atoms with van der Waals surface area (Å²) in [4.78, 5) is 69.7. The Morgan fingerprint density at radius 1 is 0.950 bits per heavy atom. The minimum absolute atomic E-state index is 0.00760. The molecular weight excluding hydrogens is 778 g/mol. The average Bonchev–Trinajstić information content (AvgIpc) is 3.16. The maximum atomic E-state index is 14.8. The lowest BCUT2D eigenvalue weighted by atomic mass is 9.49. The van der Waals surface area contributed by atoms with Crippen LogP contribution in [0.4, 0.5) is 4.79 Å². The Morgan fingerprint density at radius 2 is 1.57 bits per heavy atom. The molecule has 2 aromatic carbocycles. The van der Waals surface area contributed by atoms with Gasteiger partial charge >= 0.3 is 24.0 Å². The fourth-order valence-electron chi connectivity index (χ4n) is 9.59. The molecule has 15 nitrogen and oxygen atoms in total. The predicted octanol–water partition coefficient (Wildman–Crippen LogP) is 4.30. The van der Waals surface area contributed by atoms with Crippen molar-refractivity contribution in [2.45, 2.75) is 141 Å². The number of Topliss-reactive ketones (excluding diaryl/α,β-unsaturated/α-hetero) is 1. The van der Waals surface area contributed by atoms with Gasteiger partial charge in [0.05, 0.1) is 42.3 Å². The molecule has 0 spiro atoms. The first-order valence-electron chi connectivity index (χ1n) is 20.3. The van der Waals surface area contributed by atoms with Crippen LogP contribution in [0.15, 0.2) is 71.8 Å². The lowest BCUT2D eigenvalue weighted by Gasteiger charge is -2.64. The molecule has 1 saturated heterocycles. The van der Waals surface area contributed by atoms with Crippen LogP contribution in [0.3, 0.4) is 0 Å². The number of esters is 3. The molecule has 1 heterocycles. The van der Waals surface area contributed by atoms with E-state index in [2.05, 4.69) is 5.32 Å². The second-order valence-corrected chi connectivity index (χ2v) is 18.1. The summed E-state index contributed by atoms with van der Waals surface area (Å²) in [5.41, 5.74) is -5.64. The van der Waals surface area contributed by atoms with Crippen molar-refractivity contribution in [1.29, 1.82) is 0 Å². The third kappa shape index (κ3) is 8.22. The second kappa shape index (κ2) is 16.7. The molecule has 4 N–H and O–H groups in total. The third-order valence-electron chi connectivity index (χ3n) is 12.3. The van der Waals surface area contributed by atoms with Crippen molar-refractivity contribution in [2.75, 3.05) is 6.61 Å². The van der Waals surface area contributed by atoms with Crippen LogP contribution < -0.4 is 5.32 Å². The van der Waals surface area contributed by atoms with E-state index >= 15 is 0 Å². The third-order valence-corrected chi connectivity index (χ3v) is 12.3. The number of rotatable bonds is 10. The van der Waals surface area contributed by atoms with Gasteiger partial charge < -0.3 is 49.1 Å². The van der Waals surface area contributed by atoms with Gasteiger partial charge in [0, 0.05) is 25.2 Å². The SMILES string of the molecule is CC(=O)O[C@@]12COC1C[C@H](O)[C@H]1C(=O)[C@H](O)C3=C(C)[C@@H](OC(=O)[C@H](OC(C)C)[C@@H](NC(=O)OC(C)(C)C)c4ccccc4)C[C@@](O)([C@@H](OC(=O)c4ccccc4)[C@@H]12)C3(C)C. The van der Waals surface area contributed by atoms with Crippen LogP contribution in [0.25, 0.3) is 0 Å². The number of fused-ring (bicyclic) bond motifs is 5. The highest BCUT2D eigenvalue weighted by molar-refractivity contribution is 5.92.